The predicted octanol–water partition coefficient (Wildman–Crippen LogP) is 2.48. The van der Waals surface area contributed by atoms with E-state index in [0.717, 1.165) is 11.3 Å². The van der Waals surface area contributed by atoms with Crippen molar-refractivity contribution in [2.75, 3.05) is 25.5 Å². The highest BCUT2D eigenvalue weighted by Gasteiger charge is 2.26. The van der Waals surface area contributed by atoms with Crippen molar-refractivity contribution in [3.8, 4) is 0 Å². The van der Waals surface area contributed by atoms with E-state index in [4.69, 9.17) is 9.15 Å². The van der Waals surface area contributed by atoms with E-state index in [1.165, 1.54) is 7.05 Å². The molecule has 27 heavy (non-hydrogen) atoms. The molecule has 0 unspecified atom stereocenters. The molecule has 0 aliphatic carbocycles. The summed E-state index contributed by atoms with van der Waals surface area (Å²) in [6, 6.07) is 3.43. The zero-order valence-electron chi connectivity index (χ0n) is 15.7. The summed E-state index contributed by atoms with van der Waals surface area (Å²) < 4.78 is 10.3. The molecule has 0 bridgehead atoms. The van der Waals surface area contributed by atoms with Crippen LogP contribution in [-0.4, -0.2) is 38.0 Å². The van der Waals surface area contributed by atoms with Crippen molar-refractivity contribution in [3.05, 3.63) is 40.2 Å². The molecular weight excluding hydrogens is 370 g/mol. The Kier molecular flexibility index (Phi) is 7.14. The number of rotatable bonds is 8. The van der Waals surface area contributed by atoms with Gasteiger partial charge in [-0.3, -0.25) is 14.9 Å². The van der Waals surface area contributed by atoms with Crippen LogP contribution in [0, 0.1) is 6.92 Å². The van der Waals surface area contributed by atoms with Gasteiger partial charge in [-0.2, -0.15) is 0 Å². The summed E-state index contributed by atoms with van der Waals surface area (Å²) in [5.41, 5.74) is 0.679. The molecule has 0 spiro atoms. The van der Waals surface area contributed by atoms with Gasteiger partial charge in [0, 0.05) is 7.05 Å². The number of anilines is 1. The molecule has 2 amide bonds. The smallest absolute Gasteiger partial charge is 0.341 e. The van der Waals surface area contributed by atoms with Crippen LogP contribution in [0.4, 0.5) is 5.00 Å². The molecule has 1 atom stereocenters. The molecule has 0 fully saturated rings. The summed E-state index contributed by atoms with van der Waals surface area (Å²) in [4.78, 5) is 37.0. The van der Waals surface area contributed by atoms with Gasteiger partial charge in [0.15, 0.2) is 0 Å². The molecular formula is C18H23N3O5S. The molecule has 2 aromatic rings. The van der Waals surface area contributed by atoms with Gasteiger partial charge in [-0.05, 0) is 38.5 Å². The van der Waals surface area contributed by atoms with Crippen LogP contribution in [0.1, 0.15) is 51.2 Å². The van der Waals surface area contributed by atoms with E-state index in [-0.39, 0.29) is 36.6 Å². The average molecular weight is 393 g/mol. The highest BCUT2D eigenvalue weighted by Crippen LogP contribution is 2.33. The van der Waals surface area contributed by atoms with Crippen molar-refractivity contribution >= 4 is 34.1 Å². The van der Waals surface area contributed by atoms with Crippen LogP contribution in [0.2, 0.25) is 0 Å². The Morgan fingerprint density at radius 2 is 2.07 bits per heavy atom. The first kappa shape index (κ1) is 20.7. The van der Waals surface area contributed by atoms with Crippen LogP contribution in [0.25, 0.3) is 0 Å². The summed E-state index contributed by atoms with van der Waals surface area (Å²) in [5.74, 6) is -0.533. The van der Waals surface area contributed by atoms with Crippen molar-refractivity contribution in [1.82, 2.24) is 10.6 Å². The number of hydrogen-bond donors (Lipinski definition) is 3. The fourth-order valence-corrected chi connectivity index (χ4v) is 3.59. The molecule has 2 aromatic heterocycles. The maximum Gasteiger partial charge on any atom is 0.341 e. The summed E-state index contributed by atoms with van der Waals surface area (Å²) in [7, 11) is 1.50. The molecule has 2 heterocycles. The molecule has 9 heteroatoms. The van der Waals surface area contributed by atoms with Gasteiger partial charge in [0.1, 0.15) is 10.8 Å². The number of carbonyl (C=O) groups is 3. The molecule has 3 N–H and O–H groups in total. The van der Waals surface area contributed by atoms with Crippen LogP contribution in [0.15, 0.2) is 22.8 Å². The molecule has 0 radical (unpaired) electrons. The number of thiophene rings is 1. The number of furan rings is 1. The molecule has 0 aliphatic heterocycles. The van der Waals surface area contributed by atoms with E-state index in [2.05, 4.69) is 16.0 Å². The number of ether oxygens (including phenoxy) is 1. The van der Waals surface area contributed by atoms with Crippen molar-refractivity contribution < 1.29 is 23.5 Å². The standard InChI is InChI=1S/C18H23N3O5S/c1-5-25-18(24)14-10(2)15(16(23)19-4)27-17(14)21-13(22)9-20-11(3)12-7-6-8-26-12/h6-8,11,20H,5,9H2,1-4H3,(H,19,23)(H,21,22)/t11-/m1/s1. The Balaban J connectivity index is 2.14. The van der Waals surface area contributed by atoms with Gasteiger partial charge in [-0.15, -0.1) is 11.3 Å². The first-order valence-corrected chi connectivity index (χ1v) is 9.29. The Hall–Kier alpha value is -2.65. The second-order valence-electron chi connectivity index (χ2n) is 5.73. The fraction of sp³-hybridized carbons (Fsp3) is 0.389. The second kappa shape index (κ2) is 9.33. The number of hydrogen-bond acceptors (Lipinski definition) is 7. The maximum atomic E-state index is 12.3. The monoisotopic (exact) mass is 393 g/mol. The molecule has 8 nitrogen and oxygen atoms in total. The zero-order chi connectivity index (χ0) is 20.0. The van der Waals surface area contributed by atoms with Crippen molar-refractivity contribution in [2.45, 2.75) is 26.8 Å². The van der Waals surface area contributed by atoms with Crippen LogP contribution in [-0.2, 0) is 9.53 Å². The first-order chi connectivity index (χ1) is 12.9. The summed E-state index contributed by atoms with van der Waals surface area (Å²) in [5, 5.41) is 8.55. The van der Waals surface area contributed by atoms with Gasteiger partial charge in [0.25, 0.3) is 5.91 Å². The van der Waals surface area contributed by atoms with E-state index in [1.54, 1.807) is 26.2 Å². The number of esters is 1. The number of nitrogens with one attached hydrogen (secondary N) is 3. The summed E-state index contributed by atoms with van der Waals surface area (Å²) >= 11 is 1.04. The van der Waals surface area contributed by atoms with Gasteiger partial charge >= 0.3 is 5.97 Å². The topological polar surface area (TPSA) is 110 Å². The van der Waals surface area contributed by atoms with Gasteiger partial charge in [0.05, 0.1) is 35.9 Å². The van der Waals surface area contributed by atoms with Crippen LogP contribution < -0.4 is 16.0 Å². The largest absolute Gasteiger partial charge is 0.468 e. The molecule has 0 aliphatic rings. The number of amides is 2. The lowest BCUT2D eigenvalue weighted by molar-refractivity contribution is -0.115. The van der Waals surface area contributed by atoms with E-state index in [1.807, 2.05) is 13.0 Å². The minimum Gasteiger partial charge on any atom is -0.468 e. The number of carbonyl (C=O) groups excluding carboxylic acids is 3. The van der Waals surface area contributed by atoms with Crippen LogP contribution in [0.5, 0.6) is 0 Å². The second-order valence-corrected chi connectivity index (χ2v) is 6.75. The van der Waals surface area contributed by atoms with E-state index < -0.39 is 5.97 Å². The van der Waals surface area contributed by atoms with Crippen molar-refractivity contribution in [3.63, 3.8) is 0 Å². The van der Waals surface area contributed by atoms with Gasteiger partial charge < -0.3 is 19.8 Å². The minimum atomic E-state index is -0.575. The lowest BCUT2D eigenvalue weighted by atomic mass is 10.1. The summed E-state index contributed by atoms with van der Waals surface area (Å²) in [6.07, 6.45) is 1.56. The molecule has 146 valence electrons. The predicted molar refractivity (Wildman–Crippen MR) is 102 cm³/mol. The molecule has 0 saturated heterocycles. The third-order valence-electron chi connectivity index (χ3n) is 3.85. The maximum absolute atomic E-state index is 12.3. The lowest BCUT2D eigenvalue weighted by Crippen LogP contribution is -2.30. The minimum absolute atomic E-state index is 0.0103. The Bertz CT molecular complexity index is 813. The average Bonchev–Trinajstić information content (AvgIpc) is 3.27. The fourth-order valence-electron chi connectivity index (χ4n) is 2.44. The molecule has 2 rings (SSSR count). The zero-order valence-corrected chi connectivity index (χ0v) is 16.5. The normalized spacial score (nSPS) is 11.7. The quantitative estimate of drug-likeness (QED) is 0.595. The third-order valence-corrected chi connectivity index (χ3v) is 5.06. The highest BCUT2D eigenvalue weighted by molar-refractivity contribution is 7.18. The molecule has 0 aromatic carbocycles. The SMILES string of the molecule is CCOC(=O)c1c(NC(=O)CN[C@H](C)c2ccco2)sc(C(=O)NC)c1C. The van der Waals surface area contributed by atoms with Crippen molar-refractivity contribution in [2.24, 2.45) is 0 Å². The molecule has 0 saturated carbocycles. The first-order valence-electron chi connectivity index (χ1n) is 8.48. The van der Waals surface area contributed by atoms with E-state index in [0.29, 0.717) is 21.2 Å². The van der Waals surface area contributed by atoms with Gasteiger partial charge in [-0.1, -0.05) is 0 Å². The lowest BCUT2D eigenvalue weighted by Gasteiger charge is -2.11. The Morgan fingerprint density at radius 3 is 2.67 bits per heavy atom. The highest BCUT2D eigenvalue weighted by atomic mass is 32.1. The third kappa shape index (κ3) is 4.95. The van der Waals surface area contributed by atoms with Gasteiger partial charge in [0.2, 0.25) is 5.91 Å². The van der Waals surface area contributed by atoms with Gasteiger partial charge in [-0.25, -0.2) is 4.79 Å². The van der Waals surface area contributed by atoms with Crippen LogP contribution >= 0.6 is 11.3 Å². The van der Waals surface area contributed by atoms with Crippen LogP contribution in [0.3, 0.4) is 0 Å². The Morgan fingerprint density at radius 1 is 1.33 bits per heavy atom. The van der Waals surface area contributed by atoms with E-state index >= 15 is 0 Å². The Labute approximate surface area is 161 Å². The van der Waals surface area contributed by atoms with Crippen molar-refractivity contribution in [1.29, 1.82) is 0 Å². The van der Waals surface area contributed by atoms with E-state index in [9.17, 15) is 14.4 Å². The summed E-state index contributed by atoms with van der Waals surface area (Å²) in [6.45, 7) is 5.42.